The van der Waals surface area contributed by atoms with Crippen molar-refractivity contribution in [2.45, 2.75) is 20.3 Å². The summed E-state index contributed by atoms with van der Waals surface area (Å²) in [7, 11) is 0. The maximum atomic E-state index is 5.90. The third-order valence-electron chi connectivity index (χ3n) is 2.99. The zero-order chi connectivity index (χ0) is 14.7. The third kappa shape index (κ3) is 3.45. The number of thiocarbonyl (C=S) groups is 1. The molecule has 3 N–H and O–H groups in total. The van der Waals surface area contributed by atoms with Crippen LogP contribution in [0.1, 0.15) is 21.7 Å². The first-order valence-electron chi connectivity index (χ1n) is 6.11. The van der Waals surface area contributed by atoms with E-state index in [1.165, 1.54) is 4.88 Å². The van der Waals surface area contributed by atoms with Crippen LogP contribution >= 0.6 is 35.2 Å². The van der Waals surface area contributed by atoms with Crippen LogP contribution in [0.25, 0.3) is 0 Å². The van der Waals surface area contributed by atoms with Crippen molar-refractivity contribution in [3.63, 3.8) is 0 Å². The number of aryl methyl sites for hydroxylation is 1. The van der Waals surface area contributed by atoms with Crippen molar-refractivity contribution in [2.75, 3.05) is 11.9 Å². The first-order chi connectivity index (χ1) is 9.49. The monoisotopic (exact) mass is 326 g/mol. The number of hydrogen-bond donors (Lipinski definition) is 2. The minimum atomic E-state index is 0.335. The number of nitrogens with two attached hydrogens (primary N) is 1. The van der Waals surface area contributed by atoms with Crippen LogP contribution in [0.2, 0.25) is 4.34 Å². The molecule has 0 aliphatic heterocycles. The van der Waals surface area contributed by atoms with Gasteiger partial charge in [-0.25, -0.2) is 0 Å². The molecular weight excluding hydrogens is 312 g/mol. The Bertz CT molecular complexity index is 639. The van der Waals surface area contributed by atoms with Gasteiger partial charge < -0.3 is 11.1 Å². The van der Waals surface area contributed by atoms with Crippen LogP contribution in [0.4, 0.5) is 5.82 Å². The Labute approximate surface area is 132 Å². The lowest BCUT2D eigenvalue weighted by Gasteiger charge is -2.12. The van der Waals surface area contributed by atoms with Gasteiger partial charge in [0, 0.05) is 11.4 Å². The molecule has 0 radical (unpaired) electrons. The number of halogens is 1. The molecule has 0 unspecified atom stereocenters. The highest BCUT2D eigenvalue weighted by molar-refractivity contribution is 7.80. The van der Waals surface area contributed by atoms with Crippen LogP contribution in [0.15, 0.2) is 12.1 Å². The molecule has 0 aromatic carbocycles. The number of nitrogens with one attached hydrogen (secondary N) is 1. The van der Waals surface area contributed by atoms with E-state index in [-0.39, 0.29) is 0 Å². The van der Waals surface area contributed by atoms with Crippen LogP contribution < -0.4 is 11.1 Å². The van der Waals surface area contributed by atoms with Gasteiger partial charge >= 0.3 is 0 Å². The van der Waals surface area contributed by atoms with E-state index in [0.717, 1.165) is 34.1 Å². The molecule has 0 bridgehead atoms. The fraction of sp³-hybridized carbons (Fsp3) is 0.308. The number of anilines is 1. The number of thiophene rings is 1. The van der Waals surface area contributed by atoms with Crippen molar-refractivity contribution in [3.05, 3.63) is 38.2 Å². The minimum Gasteiger partial charge on any atom is -0.389 e. The van der Waals surface area contributed by atoms with Gasteiger partial charge in [-0.15, -0.1) is 16.4 Å². The summed E-state index contributed by atoms with van der Waals surface area (Å²) in [6.07, 6.45) is 0.864. The molecule has 106 valence electrons. The SMILES string of the molecule is Cc1nnc(NCCc2ccc(Cl)s2)c(C(N)=S)c1C. The second kappa shape index (κ2) is 6.47. The summed E-state index contributed by atoms with van der Waals surface area (Å²) in [5.41, 5.74) is 8.36. The molecule has 4 nitrogen and oxygen atoms in total. The van der Waals surface area contributed by atoms with Crippen molar-refractivity contribution >= 4 is 46.0 Å². The Morgan fingerprint density at radius 2 is 2.15 bits per heavy atom. The normalized spacial score (nSPS) is 10.6. The molecule has 0 fully saturated rings. The van der Waals surface area contributed by atoms with E-state index in [1.54, 1.807) is 11.3 Å². The Balaban J connectivity index is 2.09. The molecule has 0 atom stereocenters. The topological polar surface area (TPSA) is 63.8 Å². The summed E-state index contributed by atoms with van der Waals surface area (Å²) < 4.78 is 0.801. The Morgan fingerprint density at radius 1 is 1.40 bits per heavy atom. The molecule has 7 heteroatoms. The molecule has 2 aromatic heterocycles. The van der Waals surface area contributed by atoms with Crippen LogP contribution in [-0.4, -0.2) is 21.7 Å². The largest absolute Gasteiger partial charge is 0.389 e. The van der Waals surface area contributed by atoms with Crippen LogP contribution in [0, 0.1) is 13.8 Å². The second-order valence-electron chi connectivity index (χ2n) is 4.38. The van der Waals surface area contributed by atoms with Gasteiger partial charge in [-0.2, -0.15) is 5.10 Å². The predicted octanol–water partition coefficient (Wildman–Crippen LogP) is 3.10. The fourth-order valence-corrected chi connectivity index (χ4v) is 3.16. The molecule has 2 aromatic rings. The summed E-state index contributed by atoms with van der Waals surface area (Å²) in [6, 6.07) is 3.92. The van der Waals surface area contributed by atoms with Gasteiger partial charge in [0.1, 0.15) is 4.99 Å². The number of nitrogens with zero attached hydrogens (tertiary/aromatic N) is 2. The first-order valence-corrected chi connectivity index (χ1v) is 7.71. The van der Waals surface area contributed by atoms with Gasteiger partial charge in [-0.1, -0.05) is 23.8 Å². The molecule has 0 aliphatic carbocycles. The van der Waals surface area contributed by atoms with Crippen LogP contribution in [-0.2, 0) is 6.42 Å². The highest BCUT2D eigenvalue weighted by Crippen LogP contribution is 2.22. The van der Waals surface area contributed by atoms with E-state index >= 15 is 0 Å². The number of hydrogen-bond acceptors (Lipinski definition) is 5. The van der Waals surface area contributed by atoms with Crippen molar-refractivity contribution in [1.29, 1.82) is 0 Å². The zero-order valence-corrected chi connectivity index (χ0v) is 13.6. The minimum absolute atomic E-state index is 0.335. The number of aromatic nitrogens is 2. The quantitative estimate of drug-likeness (QED) is 0.827. The average molecular weight is 327 g/mol. The van der Waals surface area contributed by atoms with Gasteiger partial charge in [0.25, 0.3) is 0 Å². The van der Waals surface area contributed by atoms with Gasteiger partial charge in [0.2, 0.25) is 0 Å². The molecule has 0 saturated carbocycles. The van der Waals surface area contributed by atoms with Crippen molar-refractivity contribution in [3.8, 4) is 0 Å². The maximum absolute atomic E-state index is 5.90. The molecule has 2 heterocycles. The summed E-state index contributed by atoms with van der Waals surface area (Å²) in [6.45, 7) is 4.56. The summed E-state index contributed by atoms with van der Waals surface area (Å²) >= 11 is 12.6. The molecule has 0 spiro atoms. The van der Waals surface area contributed by atoms with E-state index in [9.17, 15) is 0 Å². The lowest BCUT2D eigenvalue weighted by Crippen LogP contribution is -2.19. The van der Waals surface area contributed by atoms with Gasteiger partial charge in [-0.05, 0) is 38.0 Å². The van der Waals surface area contributed by atoms with E-state index in [4.69, 9.17) is 29.6 Å². The standard InChI is InChI=1S/C13H15ClN4S2/c1-7-8(2)17-18-13(11(7)12(15)19)16-6-5-9-3-4-10(14)20-9/h3-4H,5-6H2,1-2H3,(H2,15,19)(H,16,18). The Hall–Kier alpha value is -1.24. The molecule has 2 rings (SSSR count). The zero-order valence-electron chi connectivity index (χ0n) is 11.2. The number of rotatable bonds is 5. The predicted molar refractivity (Wildman–Crippen MR) is 88.9 cm³/mol. The summed E-state index contributed by atoms with van der Waals surface area (Å²) in [5.74, 6) is 0.642. The molecule has 0 aliphatic rings. The molecular formula is C13H15ClN4S2. The van der Waals surface area contributed by atoms with E-state index in [0.29, 0.717) is 10.8 Å². The van der Waals surface area contributed by atoms with Crippen LogP contribution in [0.5, 0.6) is 0 Å². The fourth-order valence-electron chi connectivity index (χ4n) is 1.82. The lowest BCUT2D eigenvalue weighted by atomic mass is 10.1. The van der Waals surface area contributed by atoms with Gasteiger partial charge in [-0.3, -0.25) is 0 Å². The summed E-state index contributed by atoms with van der Waals surface area (Å²) in [5, 5.41) is 11.5. The van der Waals surface area contributed by atoms with E-state index in [1.807, 2.05) is 26.0 Å². The Morgan fingerprint density at radius 3 is 2.75 bits per heavy atom. The molecule has 0 amide bonds. The van der Waals surface area contributed by atoms with E-state index < -0.39 is 0 Å². The van der Waals surface area contributed by atoms with Crippen LogP contribution in [0.3, 0.4) is 0 Å². The molecule has 20 heavy (non-hydrogen) atoms. The summed E-state index contributed by atoms with van der Waals surface area (Å²) in [4.78, 5) is 1.55. The highest BCUT2D eigenvalue weighted by atomic mass is 35.5. The Kier molecular flexibility index (Phi) is 4.91. The average Bonchev–Trinajstić information content (AvgIpc) is 2.79. The smallest absolute Gasteiger partial charge is 0.159 e. The lowest BCUT2D eigenvalue weighted by molar-refractivity contribution is 0.934. The first kappa shape index (κ1) is 15.2. The third-order valence-corrected chi connectivity index (χ3v) is 4.49. The van der Waals surface area contributed by atoms with Gasteiger partial charge in [0.15, 0.2) is 5.82 Å². The molecule has 0 saturated heterocycles. The van der Waals surface area contributed by atoms with Crippen molar-refractivity contribution < 1.29 is 0 Å². The highest BCUT2D eigenvalue weighted by Gasteiger charge is 2.13. The van der Waals surface area contributed by atoms with E-state index in [2.05, 4.69) is 15.5 Å². The maximum Gasteiger partial charge on any atom is 0.159 e. The van der Waals surface area contributed by atoms with Crippen molar-refractivity contribution in [2.24, 2.45) is 5.73 Å². The van der Waals surface area contributed by atoms with Crippen molar-refractivity contribution in [1.82, 2.24) is 10.2 Å². The second-order valence-corrected chi connectivity index (χ2v) is 6.62. The van der Waals surface area contributed by atoms with Gasteiger partial charge in [0.05, 0.1) is 15.6 Å².